The van der Waals surface area contributed by atoms with E-state index in [2.05, 4.69) is 5.32 Å². The van der Waals surface area contributed by atoms with Crippen molar-refractivity contribution in [2.75, 3.05) is 31.5 Å². The fourth-order valence-electron chi connectivity index (χ4n) is 3.08. The molecule has 1 saturated heterocycles. The van der Waals surface area contributed by atoms with Crippen LogP contribution in [-0.2, 0) is 9.59 Å². The third kappa shape index (κ3) is 4.04. The summed E-state index contributed by atoms with van der Waals surface area (Å²) in [6.07, 6.45) is 0.754. The number of hydrogen-bond donors (Lipinski definition) is 2. The monoisotopic (exact) mass is 333 g/mol. The fourth-order valence-corrected chi connectivity index (χ4v) is 3.08. The van der Waals surface area contributed by atoms with E-state index in [9.17, 15) is 14.4 Å². The van der Waals surface area contributed by atoms with Crippen LogP contribution in [0.4, 0.5) is 5.69 Å². The molecule has 1 atom stereocenters. The highest BCUT2D eigenvalue weighted by Crippen LogP contribution is 2.22. The zero-order valence-electron chi connectivity index (χ0n) is 14.0. The molecule has 0 saturated carbocycles. The van der Waals surface area contributed by atoms with Crippen LogP contribution in [0.1, 0.15) is 30.6 Å². The number of amides is 2. The molecule has 2 N–H and O–H groups in total. The van der Waals surface area contributed by atoms with Crippen LogP contribution >= 0.6 is 0 Å². The van der Waals surface area contributed by atoms with Crippen molar-refractivity contribution >= 4 is 23.5 Å². The standard InChI is InChI=1S/C17H23N3O4/c1-3-20(12(2)21)13-8-9-19(11-13)17(24)14-6-4-5-7-15(14)18-10-16(22)23/h4-7,13,18H,3,8-11H2,1-2H3,(H,22,23)/t13-/m1/s1. The van der Waals surface area contributed by atoms with E-state index < -0.39 is 5.97 Å². The third-order valence-electron chi connectivity index (χ3n) is 4.22. The second kappa shape index (κ2) is 7.81. The lowest BCUT2D eigenvalue weighted by atomic mass is 10.1. The summed E-state index contributed by atoms with van der Waals surface area (Å²) in [5, 5.41) is 11.6. The number of likely N-dealkylation sites (N-methyl/N-ethyl adjacent to an activating group) is 1. The number of carbonyl (C=O) groups excluding carboxylic acids is 2. The van der Waals surface area contributed by atoms with Crippen molar-refractivity contribution in [3.05, 3.63) is 29.8 Å². The Hall–Kier alpha value is -2.57. The van der Waals surface area contributed by atoms with E-state index >= 15 is 0 Å². The molecule has 1 aromatic rings. The summed E-state index contributed by atoms with van der Waals surface area (Å²) in [6.45, 7) is 4.93. The number of aliphatic carboxylic acids is 1. The molecule has 0 aliphatic carbocycles. The van der Waals surface area contributed by atoms with Crippen LogP contribution in [-0.4, -0.2) is 64.9 Å². The molecular weight excluding hydrogens is 310 g/mol. The maximum absolute atomic E-state index is 12.8. The molecule has 7 heteroatoms. The van der Waals surface area contributed by atoms with E-state index in [0.29, 0.717) is 30.9 Å². The summed E-state index contributed by atoms with van der Waals surface area (Å²) in [5.41, 5.74) is 0.956. The minimum absolute atomic E-state index is 0.0142. The molecule has 1 aliphatic heterocycles. The zero-order valence-corrected chi connectivity index (χ0v) is 14.0. The number of nitrogens with zero attached hydrogens (tertiary/aromatic N) is 2. The van der Waals surface area contributed by atoms with Gasteiger partial charge in [0.25, 0.3) is 5.91 Å². The molecule has 7 nitrogen and oxygen atoms in total. The Morgan fingerprint density at radius 2 is 2.04 bits per heavy atom. The zero-order chi connectivity index (χ0) is 17.7. The lowest BCUT2D eigenvalue weighted by Gasteiger charge is -2.26. The molecule has 0 radical (unpaired) electrons. The summed E-state index contributed by atoms with van der Waals surface area (Å²) < 4.78 is 0. The second-order valence-electron chi connectivity index (χ2n) is 5.79. The van der Waals surface area contributed by atoms with Gasteiger partial charge in [0.2, 0.25) is 5.91 Å². The van der Waals surface area contributed by atoms with Crippen LogP contribution in [0.15, 0.2) is 24.3 Å². The van der Waals surface area contributed by atoms with Crippen molar-refractivity contribution in [2.45, 2.75) is 26.3 Å². The van der Waals surface area contributed by atoms with Gasteiger partial charge in [0.1, 0.15) is 6.54 Å². The van der Waals surface area contributed by atoms with E-state index in [1.807, 2.05) is 6.92 Å². The van der Waals surface area contributed by atoms with Gasteiger partial charge in [0.15, 0.2) is 0 Å². The maximum atomic E-state index is 12.8. The van der Waals surface area contributed by atoms with Gasteiger partial charge in [-0.25, -0.2) is 0 Å². The molecule has 0 bridgehead atoms. The van der Waals surface area contributed by atoms with Crippen molar-refractivity contribution < 1.29 is 19.5 Å². The van der Waals surface area contributed by atoms with Gasteiger partial charge in [-0.05, 0) is 25.5 Å². The van der Waals surface area contributed by atoms with Gasteiger partial charge >= 0.3 is 5.97 Å². The minimum atomic E-state index is -0.987. The molecule has 130 valence electrons. The highest BCUT2D eigenvalue weighted by Gasteiger charge is 2.32. The van der Waals surface area contributed by atoms with Crippen LogP contribution in [0.2, 0.25) is 0 Å². The van der Waals surface area contributed by atoms with Crippen molar-refractivity contribution in [2.24, 2.45) is 0 Å². The van der Waals surface area contributed by atoms with E-state index in [0.717, 1.165) is 6.42 Å². The van der Waals surface area contributed by atoms with E-state index in [1.54, 1.807) is 41.0 Å². The SMILES string of the molecule is CCN(C(C)=O)[C@@H]1CCN(C(=O)c2ccccc2NCC(=O)O)C1. The Kier molecular flexibility index (Phi) is 5.78. The molecule has 24 heavy (non-hydrogen) atoms. The number of para-hydroxylation sites is 1. The Balaban J connectivity index is 2.10. The topological polar surface area (TPSA) is 90.0 Å². The van der Waals surface area contributed by atoms with Crippen molar-refractivity contribution in [3.8, 4) is 0 Å². The fraction of sp³-hybridized carbons (Fsp3) is 0.471. The molecule has 1 heterocycles. The summed E-state index contributed by atoms with van der Waals surface area (Å²) in [6, 6.07) is 6.92. The summed E-state index contributed by atoms with van der Waals surface area (Å²) in [5.74, 6) is -1.12. The van der Waals surface area contributed by atoms with Gasteiger partial charge in [-0.3, -0.25) is 14.4 Å². The number of likely N-dealkylation sites (tertiary alicyclic amines) is 1. The number of carbonyl (C=O) groups is 3. The van der Waals surface area contributed by atoms with Gasteiger partial charge in [-0.2, -0.15) is 0 Å². The Morgan fingerprint density at radius 3 is 2.67 bits per heavy atom. The highest BCUT2D eigenvalue weighted by atomic mass is 16.4. The van der Waals surface area contributed by atoms with E-state index in [-0.39, 0.29) is 24.4 Å². The highest BCUT2D eigenvalue weighted by molar-refractivity contribution is 6.00. The molecule has 1 aromatic carbocycles. The van der Waals surface area contributed by atoms with E-state index in [4.69, 9.17) is 5.11 Å². The Labute approximate surface area is 141 Å². The molecular formula is C17H23N3O4. The number of benzene rings is 1. The molecule has 2 rings (SSSR count). The number of hydrogen-bond acceptors (Lipinski definition) is 4. The first kappa shape index (κ1) is 17.8. The minimum Gasteiger partial charge on any atom is -0.480 e. The van der Waals surface area contributed by atoms with Crippen molar-refractivity contribution in [1.82, 2.24) is 9.80 Å². The van der Waals surface area contributed by atoms with Crippen molar-refractivity contribution in [1.29, 1.82) is 0 Å². The number of nitrogens with one attached hydrogen (secondary N) is 1. The maximum Gasteiger partial charge on any atom is 0.322 e. The first-order valence-corrected chi connectivity index (χ1v) is 8.05. The normalized spacial score (nSPS) is 16.8. The lowest BCUT2D eigenvalue weighted by molar-refractivity contribution is -0.135. The smallest absolute Gasteiger partial charge is 0.322 e. The van der Waals surface area contributed by atoms with Crippen LogP contribution < -0.4 is 5.32 Å². The number of anilines is 1. The van der Waals surface area contributed by atoms with Gasteiger partial charge in [-0.15, -0.1) is 0 Å². The van der Waals surface area contributed by atoms with Gasteiger partial charge < -0.3 is 20.2 Å². The molecule has 0 spiro atoms. The summed E-state index contributed by atoms with van der Waals surface area (Å²) >= 11 is 0. The largest absolute Gasteiger partial charge is 0.480 e. The van der Waals surface area contributed by atoms with E-state index in [1.165, 1.54) is 0 Å². The first-order chi connectivity index (χ1) is 11.4. The molecule has 2 amide bonds. The number of rotatable bonds is 6. The Bertz CT molecular complexity index is 632. The number of carboxylic acid groups (broad SMARTS) is 1. The Morgan fingerprint density at radius 1 is 1.33 bits per heavy atom. The van der Waals surface area contributed by atoms with Crippen molar-refractivity contribution in [3.63, 3.8) is 0 Å². The molecule has 1 fully saturated rings. The first-order valence-electron chi connectivity index (χ1n) is 8.05. The third-order valence-corrected chi connectivity index (χ3v) is 4.22. The van der Waals surface area contributed by atoms with Gasteiger partial charge in [-0.1, -0.05) is 12.1 Å². The lowest BCUT2D eigenvalue weighted by Crippen LogP contribution is -2.41. The predicted molar refractivity (Wildman–Crippen MR) is 89.9 cm³/mol. The predicted octanol–water partition coefficient (Wildman–Crippen LogP) is 1.27. The summed E-state index contributed by atoms with van der Waals surface area (Å²) in [7, 11) is 0. The van der Waals surface area contributed by atoms with Gasteiger partial charge in [0, 0.05) is 32.2 Å². The average molecular weight is 333 g/mol. The molecule has 0 unspecified atom stereocenters. The second-order valence-corrected chi connectivity index (χ2v) is 5.79. The van der Waals surface area contributed by atoms with Gasteiger partial charge in [0.05, 0.1) is 11.6 Å². The molecule has 1 aliphatic rings. The summed E-state index contributed by atoms with van der Waals surface area (Å²) in [4.78, 5) is 38.7. The van der Waals surface area contributed by atoms with Crippen LogP contribution in [0, 0.1) is 0 Å². The average Bonchev–Trinajstić information content (AvgIpc) is 3.02. The molecule has 0 aromatic heterocycles. The van der Waals surface area contributed by atoms with Crippen LogP contribution in [0.3, 0.4) is 0 Å². The quantitative estimate of drug-likeness (QED) is 0.818. The van der Waals surface area contributed by atoms with Crippen LogP contribution in [0.25, 0.3) is 0 Å². The number of carboxylic acids is 1. The van der Waals surface area contributed by atoms with Crippen LogP contribution in [0.5, 0.6) is 0 Å².